The fourth-order valence-electron chi connectivity index (χ4n) is 2.79. The van der Waals surface area contributed by atoms with Gasteiger partial charge in [0.25, 0.3) is 5.91 Å². The molecule has 1 saturated carbocycles. The second-order valence-electron chi connectivity index (χ2n) is 6.55. The van der Waals surface area contributed by atoms with Crippen molar-refractivity contribution in [2.45, 2.75) is 25.5 Å². The number of halogens is 4. The largest absolute Gasteiger partial charge is 0.484 e. The van der Waals surface area contributed by atoms with Crippen LogP contribution in [-0.4, -0.2) is 36.1 Å². The third-order valence-corrected chi connectivity index (χ3v) is 4.66. The average Bonchev–Trinajstić information content (AvgIpc) is 2.66. The van der Waals surface area contributed by atoms with Gasteiger partial charge in [-0.05, 0) is 31.0 Å². The first-order chi connectivity index (χ1) is 14.3. The highest BCUT2D eigenvalue weighted by atomic mass is 35.5. The molecule has 1 aromatic carbocycles. The molecule has 0 aliphatic heterocycles. The van der Waals surface area contributed by atoms with Crippen molar-refractivity contribution in [3.63, 3.8) is 0 Å². The summed E-state index contributed by atoms with van der Waals surface area (Å²) in [7, 11) is 0. The lowest BCUT2D eigenvalue weighted by atomic mass is 9.79. The van der Waals surface area contributed by atoms with E-state index in [4.69, 9.17) is 16.3 Å². The van der Waals surface area contributed by atoms with E-state index in [1.54, 1.807) is 0 Å². The first-order valence-corrected chi connectivity index (χ1v) is 9.27. The summed E-state index contributed by atoms with van der Waals surface area (Å²) in [6, 6.07) is 6.30. The fraction of sp³-hybridized carbons (Fsp3) is 0.316. The smallest absolute Gasteiger partial charge is 0.388 e. The Morgan fingerprint density at radius 2 is 2.00 bits per heavy atom. The summed E-state index contributed by atoms with van der Waals surface area (Å²) < 4.78 is 46.9. The molecule has 1 aliphatic rings. The van der Waals surface area contributed by atoms with Gasteiger partial charge in [-0.1, -0.05) is 11.6 Å². The van der Waals surface area contributed by atoms with Gasteiger partial charge in [0.15, 0.2) is 6.61 Å². The van der Waals surface area contributed by atoms with Gasteiger partial charge in [0.2, 0.25) is 11.8 Å². The Labute approximate surface area is 174 Å². The Hall–Kier alpha value is -3.01. The second kappa shape index (κ2) is 9.66. The van der Waals surface area contributed by atoms with E-state index < -0.39 is 18.3 Å². The number of carbonyl (C=O) groups is 2. The van der Waals surface area contributed by atoms with Gasteiger partial charge in [-0.15, -0.1) is 0 Å². The number of ether oxygens (including phenoxy) is 2. The SMILES string of the molecule is O=C(COc1ccc(Cl)c(F)c1)N[C@H]1C[C@H](C(=O)Nc2ccc(OC(F)F)nc2)C1. The molecule has 1 aromatic heterocycles. The third-order valence-electron chi connectivity index (χ3n) is 4.35. The molecule has 1 heterocycles. The average molecular weight is 444 g/mol. The molecule has 0 bridgehead atoms. The number of alkyl halides is 2. The molecular weight excluding hydrogens is 427 g/mol. The van der Waals surface area contributed by atoms with Crippen LogP contribution in [0.1, 0.15) is 12.8 Å². The maximum absolute atomic E-state index is 13.3. The summed E-state index contributed by atoms with van der Waals surface area (Å²) in [5.74, 6) is -1.69. The standard InChI is InChI=1S/C19H17ClF3N3O4/c20-14-3-2-13(7-15(14)21)29-9-16(27)25-12-5-10(6-12)18(28)26-11-1-4-17(24-8-11)30-19(22)23/h1-4,7-8,10,12,19H,5-6,9H2,(H,25,27)(H,26,28)/t10-,12-. The molecule has 30 heavy (non-hydrogen) atoms. The molecule has 0 unspecified atom stereocenters. The number of aromatic nitrogens is 1. The molecule has 2 N–H and O–H groups in total. The molecule has 0 radical (unpaired) electrons. The van der Waals surface area contributed by atoms with Crippen LogP contribution >= 0.6 is 11.6 Å². The Morgan fingerprint density at radius 1 is 1.23 bits per heavy atom. The highest BCUT2D eigenvalue weighted by Crippen LogP contribution is 2.29. The van der Waals surface area contributed by atoms with Crippen molar-refractivity contribution < 1.29 is 32.2 Å². The number of anilines is 1. The molecule has 1 fully saturated rings. The van der Waals surface area contributed by atoms with Crippen LogP contribution in [0.3, 0.4) is 0 Å². The normalized spacial score (nSPS) is 17.8. The summed E-state index contributed by atoms with van der Waals surface area (Å²) >= 11 is 5.57. The quantitative estimate of drug-likeness (QED) is 0.653. The lowest BCUT2D eigenvalue weighted by Crippen LogP contribution is -2.49. The van der Waals surface area contributed by atoms with E-state index in [1.165, 1.54) is 30.5 Å². The zero-order chi connectivity index (χ0) is 21.7. The predicted octanol–water partition coefficient (Wildman–Crippen LogP) is 3.39. The molecule has 160 valence electrons. The topological polar surface area (TPSA) is 89.5 Å². The number of nitrogens with one attached hydrogen (secondary N) is 2. The monoisotopic (exact) mass is 443 g/mol. The van der Waals surface area contributed by atoms with Crippen LogP contribution in [0.5, 0.6) is 11.6 Å². The minimum Gasteiger partial charge on any atom is -0.484 e. The van der Waals surface area contributed by atoms with Crippen LogP contribution in [0.15, 0.2) is 36.5 Å². The van der Waals surface area contributed by atoms with Crippen LogP contribution in [0.25, 0.3) is 0 Å². The summed E-state index contributed by atoms with van der Waals surface area (Å²) in [6.07, 6.45) is 2.09. The molecule has 2 aromatic rings. The number of carbonyl (C=O) groups excluding carboxylic acids is 2. The van der Waals surface area contributed by atoms with Crippen LogP contribution < -0.4 is 20.1 Å². The van der Waals surface area contributed by atoms with Crippen LogP contribution in [0.4, 0.5) is 18.9 Å². The highest BCUT2D eigenvalue weighted by Gasteiger charge is 2.35. The van der Waals surface area contributed by atoms with Crippen LogP contribution in [0, 0.1) is 11.7 Å². The molecule has 2 amide bonds. The van der Waals surface area contributed by atoms with Gasteiger partial charge in [-0.3, -0.25) is 9.59 Å². The molecular formula is C19H17ClF3N3O4. The molecule has 0 saturated heterocycles. The number of amides is 2. The zero-order valence-electron chi connectivity index (χ0n) is 15.4. The maximum Gasteiger partial charge on any atom is 0.388 e. The summed E-state index contributed by atoms with van der Waals surface area (Å²) in [5.41, 5.74) is 0.345. The molecule has 1 aliphatic carbocycles. The molecule has 3 rings (SSSR count). The van der Waals surface area contributed by atoms with Crippen molar-refractivity contribution in [2.24, 2.45) is 5.92 Å². The number of pyridine rings is 1. The van der Waals surface area contributed by atoms with Crippen molar-refractivity contribution in [3.05, 3.63) is 47.4 Å². The van der Waals surface area contributed by atoms with Gasteiger partial charge in [-0.25, -0.2) is 9.37 Å². The highest BCUT2D eigenvalue weighted by molar-refractivity contribution is 6.30. The van der Waals surface area contributed by atoms with Crippen LogP contribution in [-0.2, 0) is 9.59 Å². The van der Waals surface area contributed by atoms with E-state index in [0.717, 1.165) is 6.07 Å². The lowest BCUT2D eigenvalue weighted by Gasteiger charge is -2.34. The summed E-state index contributed by atoms with van der Waals surface area (Å²) in [5, 5.41) is 5.31. The van der Waals surface area contributed by atoms with E-state index in [9.17, 15) is 22.8 Å². The second-order valence-corrected chi connectivity index (χ2v) is 6.96. The molecule has 0 atom stereocenters. The van der Waals surface area contributed by atoms with E-state index >= 15 is 0 Å². The van der Waals surface area contributed by atoms with Crippen molar-refractivity contribution in [1.82, 2.24) is 10.3 Å². The fourth-order valence-corrected chi connectivity index (χ4v) is 2.91. The van der Waals surface area contributed by atoms with E-state index in [-0.39, 0.29) is 41.1 Å². The third kappa shape index (κ3) is 5.99. The maximum atomic E-state index is 13.3. The minimum atomic E-state index is -2.97. The van der Waals surface area contributed by atoms with Crippen LogP contribution in [0.2, 0.25) is 5.02 Å². The van der Waals surface area contributed by atoms with Gasteiger partial charge in [0, 0.05) is 24.1 Å². The zero-order valence-corrected chi connectivity index (χ0v) is 16.2. The number of benzene rings is 1. The summed E-state index contributed by atoms with van der Waals surface area (Å²) in [4.78, 5) is 27.8. The Kier molecular flexibility index (Phi) is 6.99. The van der Waals surface area contributed by atoms with Gasteiger partial charge in [0.1, 0.15) is 11.6 Å². The number of nitrogens with zero attached hydrogens (tertiary/aromatic N) is 1. The van der Waals surface area contributed by atoms with E-state index in [2.05, 4.69) is 20.4 Å². The number of hydrogen-bond acceptors (Lipinski definition) is 5. The Bertz CT molecular complexity index is 908. The predicted molar refractivity (Wildman–Crippen MR) is 101 cm³/mol. The van der Waals surface area contributed by atoms with Gasteiger partial charge < -0.3 is 20.1 Å². The molecule has 0 spiro atoms. The lowest BCUT2D eigenvalue weighted by molar-refractivity contribution is -0.128. The molecule has 11 heteroatoms. The summed E-state index contributed by atoms with van der Waals surface area (Å²) in [6.45, 7) is -3.27. The van der Waals surface area contributed by atoms with Crippen molar-refractivity contribution in [3.8, 4) is 11.6 Å². The Balaban J connectivity index is 1.37. The molecule has 7 nitrogen and oxygen atoms in total. The van der Waals surface area contributed by atoms with Crippen molar-refractivity contribution in [1.29, 1.82) is 0 Å². The van der Waals surface area contributed by atoms with Gasteiger partial charge >= 0.3 is 6.61 Å². The first kappa shape index (κ1) is 21.7. The number of hydrogen-bond donors (Lipinski definition) is 2. The van der Waals surface area contributed by atoms with E-state index in [0.29, 0.717) is 18.5 Å². The Morgan fingerprint density at radius 3 is 2.63 bits per heavy atom. The van der Waals surface area contributed by atoms with Gasteiger partial charge in [0.05, 0.1) is 16.9 Å². The minimum absolute atomic E-state index is 0.0428. The first-order valence-electron chi connectivity index (χ1n) is 8.89. The van der Waals surface area contributed by atoms with Gasteiger partial charge in [-0.2, -0.15) is 8.78 Å². The number of rotatable bonds is 8. The van der Waals surface area contributed by atoms with E-state index in [1.807, 2.05) is 0 Å². The van der Waals surface area contributed by atoms with Crippen molar-refractivity contribution >= 4 is 29.1 Å². The van der Waals surface area contributed by atoms with Crippen molar-refractivity contribution in [2.75, 3.05) is 11.9 Å².